The summed E-state index contributed by atoms with van der Waals surface area (Å²) in [6, 6.07) is 5.77. The van der Waals surface area contributed by atoms with Gasteiger partial charge in [0.15, 0.2) is 0 Å². The first kappa shape index (κ1) is 19.7. The van der Waals surface area contributed by atoms with E-state index in [1.54, 1.807) is 18.2 Å². The van der Waals surface area contributed by atoms with Gasteiger partial charge in [-0.05, 0) is 36.3 Å². The van der Waals surface area contributed by atoms with Crippen molar-refractivity contribution in [1.82, 2.24) is 15.0 Å². The highest BCUT2D eigenvalue weighted by molar-refractivity contribution is 5.67. The lowest BCUT2D eigenvalue weighted by Crippen LogP contribution is -2.19. The van der Waals surface area contributed by atoms with Crippen LogP contribution in [0.25, 0.3) is 11.8 Å². The predicted octanol–water partition coefficient (Wildman–Crippen LogP) is 2.13. The van der Waals surface area contributed by atoms with Crippen molar-refractivity contribution < 1.29 is 24.5 Å². The van der Waals surface area contributed by atoms with Crippen LogP contribution in [0.1, 0.15) is 44.0 Å². The van der Waals surface area contributed by atoms with Crippen LogP contribution in [0, 0.1) is 5.82 Å². The van der Waals surface area contributed by atoms with Crippen LogP contribution in [0.15, 0.2) is 30.3 Å². The summed E-state index contributed by atoms with van der Waals surface area (Å²) in [5, 5.41) is 36.5. The molecule has 0 fully saturated rings. The number of rotatable bonds is 8. The van der Waals surface area contributed by atoms with Crippen molar-refractivity contribution in [2.24, 2.45) is 0 Å². The van der Waals surface area contributed by atoms with Gasteiger partial charge in [-0.1, -0.05) is 25.1 Å². The van der Waals surface area contributed by atoms with Crippen LogP contribution in [-0.2, 0) is 4.79 Å². The number of aliphatic carboxylic acids is 1. The first-order valence-electron chi connectivity index (χ1n) is 8.25. The zero-order chi connectivity index (χ0) is 19.3. The van der Waals surface area contributed by atoms with Crippen molar-refractivity contribution in [2.45, 2.75) is 44.8 Å². The van der Waals surface area contributed by atoms with Gasteiger partial charge in [0.2, 0.25) is 0 Å². The van der Waals surface area contributed by atoms with Gasteiger partial charge < -0.3 is 15.3 Å². The summed E-state index contributed by atoms with van der Waals surface area (Å²) in [5.74, 6) is -1.43. The SMILES string of the molecule is CC(C)c1nnn(-c2ccc(F)cc2)c1C=CC(O)CC(O)CC(=O)O. The Bertz CT molecular complexity index is 771. The van der Waals surface area contributed by atoms with Gasteiger partial charge in [-0.15, -0.1) is 5.10 Å². The molecule has 0 saturated carbocycles. The lowest BCUT2D eigenvalue weighted by atomic mass is 10.1. The van der Waals surface area contributed by atoms with Crippen molar-refractivity contribution in [1.29, 1.82) is 0 Å². The van der Waals surface area contributed by atoms with Crippen molar-refractivity contribution in [3.05, 3.63) is 47.5 Å². The summed E-state index contributed by atoms with van der Waals surface area (Å²) in [4.78, 5) is 10.6. The molecule has 3 N–H and O–H groups in total. The maximum Gasteiger partial charge on any atom is 0.305 e. The van der Waals surface area contributed by atoms with Crippen LogP contribution in [-0.4, -0.2) is 48.5 Å². The van der Waals surface area contributed by atoms with Gasteiger partial charge in [-0.2, -0.15) is 0 Å². The van der Waals surface area contributed by atoms with Gasteiger partial charge >= 0.3 is 5.97 Å². The number of hydrogen-bond donors (Lipinski definition) is 3. The van der Waals surface area contributed by atoms with Crippen LogP contribution < -0.4 is 0 Å². The number of aromatic nitrogens is 3. The Morgan fingerprint density at radius 2 is 1.92 bits per heavy atom. The summed E-state index contributed by atoms with van der Waals surface area (Å²) in [5.41, 5.74) is 1.94. The van der Waals surface area contributed by atoms with E-state index in [9.17, 15) is 19.4 Å². The fraction of sp³-hybridized carbons (Fsp3) is 0.389. The van der Waals surface area contributed by atoms with Crippen molar-refractivity contribution in [2.75, 3.05) is 0 Å². The molecule has 0 aliphatic rings. The summed E-state index contributed by atoms with van der Waals surface area (Å²) in [6.07, 6.45) is 0.375. The molecule has 1 aromatic carbocycles. The number of aliphatic hydroxyl groups excluding tert-OH is 2. The molecule has 2 unspecified atom stereocenters. The smallest absolute Gasteiger partial charge is 0.305 e. The number of aliphatic hydroxyl groups is 2. The molecule has 2 atom stereocenters. The maximum atomic E-state index is 13.1. The van der Waals surface area contributed by atoms with E-state index in [2.05, 4.69) is 10.3 Å². The minimum absolute atomic E-state index is 0.0681. The number of benzene rings is 1. The Labute approximate surface area is 150 Å². The minimum Gasteiger partial charge on any atom is -0.481 e. The molecule has 1 heterocycles. The number of nitrogens with zero attached hydrogens (tertiary/aromatic N) is 3. The largest absolute Gasteiger partial charge is 0.481 e. The number of carbonyl (C=O) groups is 1. The van der Waals surface area contributed by atoms with Gasteiger partial charge in [0.1, 0.15) is 5.82 Å². The number of hydrogen-bond acceptors (Lipinski definition) is 5. The van der Waals surface area contributed by atoms with E-state index >= 15 is 0 Å². The highest BCUT2D eigenvalue weighted by Crippen LogP contribution is 2.22. The second-order valence-electron chi connectivity index (χ2n) is 6.32. The lowest BCUT2D eigenvalue weighted by molar-refractivity contribution is -0.139. The fourth-order valence-corrected chi connectivity index (χ4v) is 2.49. The molecule has 7 nitrogen and oxygen atoms in total. The molecule has 0 spiro atoms. The van der Waals surface area contributed by atoms with Crippen LogP contribution in [0.2, 0.25) is 0 Å². The van der Waals surface area contributed by atoms with E-state index in [4.69, 9.17) is 5.11 Å². The molecular formula is C18H22FN3O4. The molecule has 2 rings (SSSR count). The normalized spacial score (nSPS) is 14.1. The minimum atomic E-state index is -1.14. The van der Waals surface area contributed by atoms with Gasteiger partial charge in [-0.3, -0.25) is 4.79 Å². The second-order valence-corrected chi connectivity index (χ2v) is 6.32. The average Bonchev–Trinajstić information content (AvgIpc) is 2.96. The zero-order valence-electron chi connectivity index (χ0n) is 14.6. The Hall–Kier alpha value is -2.58. The highest BCUT2D eigenvalue weighted by Gasteiger charge is 2.17. The first-order valence-corrected chi connectivity index (χ1v) is 8.25. The molecule has 0 saturated heterocycles. The van der Waals surface area contributed by atoms with E-state index in [1.165, 1.54) is 22.9 Å². The number of carboxylic acids is 1. The van der Waals surface area contributed by atoms with Crippen molar-refractivity contribution >= 4 is 12.0 Å². The Kier molecular flexibility index (Phi) is 6.59. The van der Waals surface area contributed by atoms with Gasteiger partial charge in [0.25, 0.3) is 0 Å². The van der Waals surface area contributed by atoms with Gasteiger partial charge in [0, 0.05) is 6.42 Å². The van der Waals surface area contributed by atoms with Gasteiger partial charge in [0.05, 0.1) is 35.7 Å². The topological polar surface area (TPSA) is 108 Å². The van der Waals surface area contributed by atoms with E-state index in [-0.39, 0.29) is 18.2 Å². The van der Waals surface area contributed by atoms with E-state index in [1.807, 2.05) is 13.8 Å². The molecule has 0 bridgehead atoms. The summed E-state index contributed by atoms with van der Waals surface area (Å²) < 4.78 is 14.7. The molecule has 140 valence electrons. The monoisotopic (exact) mass is 363 g/mol. The predicted molar refractivity (Wildman–Crippen MR) is 93.3 cm³/mol. The summed E-state index contributed by atoms with van der Waals surface area (Å²) in [7, 11) is 0. The quantitative estimate of drug-likeness (QED) is 0.663. The molecule has 0 amide bonds. The van der Waals surface area contributed by atoms with Gasteiger partial charge in [-0.25, -0.2) is 9.07 Å². The van der Waals surface area contributed by atoms with E-state index in [0.29, 0.717) is 17.1 Å². The first-order chi connectivity index (χ1) is 12.3. The standard InChI is InChI=1S/C18H22FN3O4/c1-11(2)18-16(8-7-14(23)9-15(24)10-17(25)26)22(21-20-18)13-5-3-12(19)4-6-13/h3-8,11,14-15,23-24H,9-10H2,1-2H3,(H,25,26). The molecule has 26 heavy (non-hydrogen) atoms. The average molecular weight is 363 g/mol. The Balaban J connectivity index is 2.25. The second kappa shape index (κ2) is 8.68. The zero-order valence-corrected chi connectivity index (χ0v) is 14.6. The molecular weight excluding hydrogens is 341 g/mol. The van der Waals surface area contributed by atoms with Crippen molar-refractivity contribution in [3.8, 4) is 5.69 Å². The third kappa shape index (κ3) is 5.21. The molecule has 0 aliphatic heterocycles. The Morgan fingerprint density at radius 3 is 2.50 bits per heavy atom. The van der Waals surface area contributed by atoms with E-state index in [0.717, 1.165) is 0 Å². The number of halogens is 1. The third-order valence-corrected chi connectivity index (χ3v) is 3.75. The summed E-state index contributed by atoms with van der Waals surface area (Å²) in [6.45, 7) is 3.90. The molecule has 8 heteroatoms. The molecule has 2 aromatic rings. The van der Waals surface area contributed by atoms with Crippen LogP contribution >= 0.6 is 0 Å². The van der Waals surface area contributed by atoms with Crippen LogP contribution in [0.4, 0.5) is 4.39 Å². The third-order valence-electron chi connectivity index (χ3n) is 3.75. The lowest BCUT2D eigenvalue weighted by Gasteiger charge is -2.11. The molecule has 1 aromatic heterocycles. The van der Waals surface area contributed by atoms with Crippen LogP contribution in [0.5, 0.6) is 0 Å². The summed E-state index contributed by atoms with van der Waals surface area (Å²) >= 11 is 0. The fourth-order valence-electron chi connectivity index (χ4n) is 2.49. The maximum absolute atomic E-state index is 13.1. The Morgan fingerprint density at radius 1 is 1.27 bits per heavy atom. The molecule has 0 radical (unpaired) electrons. The van der Waals surface area contributed by atoms with Crippen LogP contribution in [0.3, 0.4) is 0 Å². The molecule has 0 aliphatic carbocycles. The highest BCUT2D eigenvalue weighted by atomic mass is 19.1. The number of carboxylic acid groups (broad SMARTS) is 1. The van der Waals surface area contributed by atoms with Crippen molar-refractivity contribution in [3.63, 3.8) is 0 Å². The van der Waals surface area contributed by atoms with E-state index < -0.39 is 24.6 Å².